The summed E-state index contributed by atoms with van der Waals surface area (Å²) in [7, 11) is 0. The zero-order valence-electron chi connectivity index (χ0n) is 17.5. The summed E-state index contributed by atoms with van der Waals surface area (Å²) in [6, 6.07) is 18.3. The van der Waals surface area contributed by atoms with Gasteiger partial charge in [0, 0.05) is 22.6 Å². The lowest BCUT2D eigenvalue weighted by Crippen LogP contribution is -2.35. The number of aromatic nitrogens is 5. The highest BCUT2D eigenvalue weighted by atomic mass is 19.1. The van der Waals surface area contributed by atoms with E-state index >= 15 is 0 Å². The van der Waals surface area contributed by atoms with Gasteiger partial charge in [0.25, 0.3) is 5.91 Å². The Kier molecular flexibility index (Phi) is 4.50. The van der Waals surface area contributed by atoms with Gasteiger partial charge >= 0.3 is 0 Å². The van der Waals surface area contributed by atoms with Gasteiger partial charge in [-0.2, -0.15) is 10.2 Å². The van der Waals surface area contributed by atoms with Crippen LogP contribution in [-0.4, -0.2) is 37.3 Å². The van der Waals surface area contributed by atoms with E-state index in [1.54, 1.807) is 12.1 Å². The lowest BCUT2D eigenvalue weighted by molar-refractivity contribution is 0.0934. The fourth-order valence-corrected chi connectivity index (χ4v) is 4.50. The number of carbonyl (C=O) groups excluding carboxylic acids is 1. The molecule has 1 aliphatic carbocycles. The molecular formula is C25H19FN6O. The molecule has 0 aliphatic heterocycles. The van der Waals surface area contributed by atoms with Crippen LogP contribution in [0, 0.1) is 5.82 Å². The van der Waals surface area contributed by atoms with E-state index in [0.717, 1.165) is 29.3 Å². The average molecular weight is 438 g/mol. The highest BCUT2D eigenvalue weighted by molar-refractivity contribution is 5.99. The molecule has 0 spiro atoms. The Morgan fingerprint density at radius 2 is 1.76 bits per heavy atom. The molecule has 0 saturated carbocycles. The van der Waals surface area contributed by atoms with Gasteiger partial charge in [-0.1, -0.05) is 24.3 Å². The molecule has 7 nitrogen and oxygen atoms in total. The van der Waals surface area contributed by atoms with Crippen molar-refractivity contribution in [2.75, 3.05) is 0 Å². The first-order chi connectivity index (χ1) is 16.2. The van der Waals surface area contributed by atoms with Crippen LogP contribution >= 0.6 is 0 Å². The second-order valence-corrected chi connectivity index (χ2v) is 8.21. The molecule has 2 aromatic heterocycles. The Morgan fingerprint density at radius 3 is 2.52 bits per heavy atom. The smallest absolute Gasteiger partial charge is 0.254 e. The van der Waals surface area contributed by atoms with Crippen LogP contribution in [0.1, 0.15) is 21.5 Å². The molecular weight excluding hydrogens is 419 g/mol. The Bertz CT molecular complexity index is 1470. The summed E-state index contributed by atoms with van der Waals surface area (Å²) in [4.78, 5) is 17.2. The maximum Gasteiger partial charge on any atom is 0.254 e. The molecule has 3 N–H and O–H groups in total. The van der Waals surface area contributed by atoms with Crippen LogP contribution in [-0.2, 0) is 12.8 Å². The van der Waals surface area contributed by atoms with E-state index in [4.69, 9.17) is 0 Å². The number of H-pyrrole nitrogens is 2. The molecule has 0 atom stereocenters. The summed E-state index contributed by atoms with van der Waals surface area (Å²) in [6.45, 7) is 0. The van der Waals surface area contributed by atoms with Gasteiger partial charge < -0.3 is 5.32 Å². The van der Waals surface area contributed by atoms with Crippen LogP contribution in [0.2, 0.25) is 0 Å². The quantitative estimate of drug-likeness (QED) is 0.394. The molecule has 8 heteroatoms. The highest BCUT2D eigenvalue weighted by Gasteiger charge is 2.24. The molecule has 3 aromatic carbocycles. The van der Waals surface area contributed by atoms with Crippen LogP contribution in [0.25, 0.3) is 33.5 Å². The minimum atomic E-state index is -0.561. The van der Waals surface area contributed by atoms with Crippen molar-refractivity contribution in [2.45, 2.75) is 18.9 Å². The highest BCUT2D eigenvalue weighted by Crippen LogP contribution is 2.30. The number of aromatic amines is 2. The molecule has 0 fully saturated rings. The fraction of sp³-hybridized carbons (Fsp3) is 0.120. The summed E-state index contributed by atoms with van der Waals surface area (Å²) in [6.07, 6.45) is 2.94. The monoisotopic (exact) mass is 438 g/mol. The zero-order valence-corrected chi connectivity index (χ0v) is 17.5. The first-order valence-corrected chi connectivity index (χ1v) is 10.7. The number of rotatable bonds is 4. The molecule has 0 radical (unpaired) electrons. The van der Waals surface area contributed by atoms with Crippen molar-refractivity contribution in [2.24, 2.45) is 0 Å². The van der Waals surface area contributed by atoms with Crippen LogP contribution in [0.15, 0.2) is 67.0 Å². The maximum absolute atomic E-state index is 14.7. The SMILES string of the molecule is O=C(NC1Cc2ccccc2C1)c1cc(-c2n[nH]c3ccc(-c4ncn[nH]4)cc23)ccc1F. The largest absolute Gasteiger partial charge is 0.349 e. The molecule has 0 unspecified atom stereocenters. The number of amides is 1. The molecule has 0 bridgehead atoms. The zero-order chi connectivity index (χ0) is 22.4. The van der Waals surface area contributed by atoms with Crippen molar-refractivity contribution >= 4 is 16.8 Å². The van der Waals surface area contributed by atoms with E-state index in [0.29, 0.717) is 17.1 Å². The summed E-state index contributed by atoms with van der Waals surface area (Å²) in [5.41, 5.74) is 5.41. The minimum absolute atomic E-state index is 0.00555. The topological polar surface area (TPSA) is 99.3 Å². The van der Waals surface area contributed by atoms with Crippen molar-refractivity contribution in [3.05, 3.63) is 89.5 Å². The van der Waals surface area contributed by atoms with E-state index < -0.39 is 11.7 Å². The molecule has 1 aliphatic rings. The molecule has 6 rings (SSSR count). The van der Waals surface area contributed by atoms with Crippen LogP contribution < -0.4 is 5.32 Å². The van der Waals surface area contributed by atoms with Crippen molar-refractivity contribution in [1.82, 2.24) is 30.7 Å². The number of hydrogen-bond donors (Lipinski definition) is 3. The number of benzene rings is 3. The lowest BCUT2D eigenvalue weighted by atomic mass is 10.0. The Morgan fingerprint density at radius 1 is 0.970 bits per heavy atom. The maximum atomic E-state index is 14.7. The molecule has 2 heterocycles. The third-order valence-electron chi connectivity index (χ3n) is 6.12. The minimum Gasteiger partial charge on any atom is -0.349 e. The molecule has 162 valence electrons. The van der Waals surface area contributed by atoms with Gasteiger partial charge in [-0.25, -0.2) is 9.37 Å². The number of nitrogens with one attached hydrogen (secondary N) is 3. The van der Waals surface area contributed by atoms with Crippen molar-refractivity contribution in [3.8, 4) is 22.6 Å². The first-order valence-electron chi connectivity index (χ1n) is 10.7. The number of nitrogens with zero attached hydrogens (tertiary/aromatic N) is 3. The second-order valence-electron chi connectivity index (χ2n) is 8.21. The third-order valence-corrected chi connectivity index (χ3v) is 6.12. The molecule has 1 amide bonds. The standard InChI is InChI=1S/C25H19FN6O/c26-21-7-5-16(11-19(21)25(33)29-18-9-14-3-1-2-4-15(14)10-18)23-20-12-17(24-27-13-28-32-24)6-8-22(20)30-31-23/h1-8,11-13,18H,9-10H2,(H,29,33)(H,30,31)(H,27,28,32). The van der Waals surface area contributed by atoms with Crippen LogP contribution in [0.5, 0.6) is 0 Å². The van der Waals surface area contributed by atoms with Gasteiger partial charge in [-0.15, -0.1) is 0 Å². The molecule has 33 heavy (non-hydrogen) atoms. The summed E-state index contributed by atoms with van der Waals surface area (Å²) in [5.74, 6) is -0.343. The van der Waals surface area contributed by atoms with Crippen molar-refractivity contribution in [1.29, 1.82) is 0 Å². The van der Waals surface area contributed by atoms with E-state index in [-0.39, 0.29) is 11.6 Å². The van der Waals surface area contributed by atoms with E-state index in [1.165, 1.54) is 23.5 Å². The molecule has 5 aromatic rings. The van der Waals surface area contributed by atoms with Crippen molar-refractivity contribution in [3.63, 3.8) is 0 Å². The van der Waals surface area contributed by atoms with E-state index in [9.17, 15) is 9.18 Å². The third kappa shape index (κ3) is 3.45. The lowest BCUT2D eigenvalue weighted by Gasteiger charge is -2.13. The fourth-order valence-electron chi connectivity index (χ4n) is 4.50. The summed E-state index contributed by atoms with van der Waals surface area (Å²) in [5, 5.41) is 18.0. The van der Waals surface area contributed by atoms with Gasteiger partial charge in [0.15, 0.2) is 5.82 Å². The number of hydrogen-bond acceptors (Lipinski definition) is 4. The normalized spacial score (nSPS) is 13.4. The van der Waals surface area contributed by atoms with Crippen LogP contribution in [0.3, 0.4) is 0 Å². The summed E-state index contributed by atoms with van der Waals surface area (Å²) >= 11 is 0. The van der Waals surface area contributed by atoms with Gasteiger partial charge in [-0.05, 0) is 60.4 Å². The van der Waals surface area contributed by atoms with Crippen molar-refractivity contribution < 1.29 is 9.18 Å². The predicted molar refractivity (Wildman–Crippen MR) is 122 cm³/mol. The van der Waals surface area contributed by atoms with Gasteiger partial charge in [-0.3, -0.25) is 15.0 Å². The number of carbonyl (C=O) groups is 1. The Hall–Kier alpha value is -4.33. The van der Waals surface area contributed by atoms with Gasteiger partial charge in [0.05, 0.1) is 16.8 Å². The van der Waals surface area contributed by atoms with Gasteiger partial charge in [0.1, 0.15) is 12.1 Å². The van der Waals surface area contributed by atoms with E-state index in [1.807, 2.05) is 30.3 Å². The van der Waals surface area contributed by atoms with Gasteiger partial charge in [0.2, 0.25) is 0 Å². The van der Waals surface area contributed by atoms with Crippen LogP contribution in [0.4, 0.5) is 4.39 Å². The Balaban J connectivity index is 1.31. The predicted octanol–water partition coefficient (Wildman–Crippen LogP) is 4.05. The average Bonchev–Trinajstić information content (AvgIpc) is 3.58. The molecule has 0 saturated heterocycles. The second kappa shape index (κ2) is 7.67. The van der Waals surface area contributed by atoms with E-state index in [2.05, 4.69) is 42.8 Å². The number of halogens is 1. The number of fused-ring (bicyclic) bond motifs is 2. The first kappa shape index (κ1) is 19.4. The Labute approximate surface area is 188 Å². The summed E-state index contributed by atoms with van der Waals surface area (Å²) < 4.78 is 14.7.